The van der Waals surface area contributed by atoms with E-state index < -0.39 is 24.7 Å². The fraction of sp³-hybridized carbons (Fsp3) is 0.556. The predicted molar refractivity (Wildman–Crippen MR) is 167 cm³/mol. The SMILES string of the molecule is C[Si](C)(C)NCCN(CCN[Si](C)(C)C)CCN[Si](C)(C)CB(c1ccccc1)c1ccccc1. The lowest BCUT2D eigenvalue weighted by Gasteiger charge is -2.31. The standard InChI is InChI=1S/C27H51BN4Si3/c1-33(2,3)29-19-22-32(23-20-30-34(4,5)6)24-21-31-35(7,8)25-28(26-15-11-9-12-16-26)27-17-13-10-14-18-27/h9-18,29-31H,19-25H2,1-8H3. The monoisotopic (exact) mass is 526 g/mol. The van der Waals surface area contributed by atoms with Gasteiger partial charge in [-0.05, 0) is 0 Å². The molecule has 0 radical (unpaired) electrons. The van der Waals surface area contributed by atoms with E-state index in [1.807, 2.05) is 0 Å². The molecule has 35 heavy (non-hydrogen) atoms. The zero-order valence-electron chi connectivity index (χ0n) is 23.7. The molecule has 0 saturated heterocycles. The van der Waals surface area contributed by atoms with Crippen LogP contribution in [0.25, 0.3) is 0 Å². The van der Waals surface area contributed by atoms with Crippen LogP contribution in [0.1, 0.15) is 0 Å². The first-order valence-electron chi connectivity index (χ1n) is 13.4. The average Bonchev–Trinajstić information content (AvgIpc) is 2.76. The number of hydrogen-bond acceptors (Lipinski definition) is 4. The van der Waals surface area contributed by atoms with Crippen molar-refractivity contribution in [2.45, 2.75) is 58.3 Å². The highest BCUT2D eigenvalue weighted by Gasteiger charge is 2.30. The first kappa shape index (κ1) is 30.2. The Morgan fingerprint density at radius 2 is 0.943 bits per heavy atom. The molecule has 0 aliphatic rings. The zero-order chi connectivity index (χ0) is 26.0. The molecule has 0 bridgehead atoms. The highest BCUT2D eigenvalue weighted by atomic mass is 28.3. The Kier molecular flexibility index (Phi) is 12.1. The van der Waals surface area contributed by atoms with Gasteiger partial charge in [0, 0.05) is 39.3 Å². The first-order valence-corrected chi connectivity index (χ1v) is 23.6. The molecule has 2 aromatic rings. The zero-order valence-corrected chi connectivity index (χ0v) is 26.7. The summed E-state index contributed by atoms with van der Waals surface area (Å²) in [5, 5.41) is 0. The molecule has 0 atom stereocenters. The van der Waals surface area contributed by atoms with Gasteiger partial charge in [-0.3, -0.25) is 4.90 Å². The van der Waals surface area contributed by atoms with Gasteiger partial charge in [0.2, 0.25) is 6.71 Å². The number of nitrogens with zero attached hydrogens (tertiary/aromatic N) is 1. The molecule has 2 rings (SSSR count). The van der Waals surface area contributed by atoms with Gasteiger partial charge in [0.25, 0.3) is 0 Å². The van der Waals surface area contributed by atoms with Crippen LogP contribution in [-0.2, 0) is 0 Å². The summed E-state index contributed by atoms with van der Waals surface area (Å²) >= 11 is 0. The maximum absolute atomic E-state index is 4.05. The normalized spacial score (nSPS) is 12.8. The molecule has 0 unspecified atom stereocenters. The van der Waals surface area contributed by atoms with Gasteiger partial charge in [0.1, 0.15) is 24.7 Å². The van der Waals surface area contributed by atoms with E-state index in [2.05, 4.69) is 133 Å². The van der Waals surface area contributed by atoms with E-state index in [-0.39, 0.29) is 0 Å². The minimum Gasteiger partial charge on any atom is -0.336 e. The maximum Gasteiger partial charge on any atom is 0.207 e. The maximum atomic E-state index is 4.05. The van der Waals surface area contributed by atoms with E-state index in [4.69, 9.17) is 0 Å². The Balaban J connectivity index is 1.97. The lowest BCUT2D eigenvalue weighted by molar-refractivity contribution is 0.286. The average molecular weight is 527 g/mol. The van der Waals surface area contributed by atoms with Gasteiger partial charge in [0.05, 0.1) is 0 Å². The summed E-state index contributed by atoms with van der Waals surface area (Å²) in [7, 11) is -4.06. The summed E-state index contributed by atoms with van der Waals surface area (Å²) in [5.41, 5.74) is 2.86. The predicted octanol–water partition coefficient (Wildman–Crippen LogP) is 3.78. The lowest BCUT2D eigenvalue weighted by Crippen LogP contribution is -2.56. The van der Waals surface area contributed by atoms with Crippen LogP contribution in [-0.4, -0.2) is 75.6 Å². The van der Waals surface area contributed by atoms with Gasteiger partial charge in [-0.2, -0.15) is 0 Å². The van der Waals surface area contributed by atoms with Crippen LogP contribution < -0.4 is 25.9 Å². The van der Waals surface area contributed by atoms with E-state index >= 15 is 0 Å². The second kappa shape index (κ2) is 14.1. The van der Waals surface area contributed by atoms with Crippen molar-refractivity contribution in [1.82, 2.24) is 19.8 Å². The van der Waals surface area contributed by atoms with Crippen molar-refractivity contribution >= 4 is 42.3 Å². The van der Waals surface area contributed by atoms with Crippen LogP contribution in [0.15, 0.2) is 60.7 Å². The van der Waals surface area contributed by atoms with E-state index in [1.165, 1.54) is 16.9 Å². The van der Waals surface area contributed by atoms with Crippen LogP contribution in [0.3, 0.4) is 0 Å². The van der Waals surface area contributed by atoms with Gasteiger partial charge in [-0.25, -0.2) is 0 Å². The highest BCUT2D eigenvalue weighted by molar-refractivity contribution is 6.97. The fourth-order valence-corrected chi connectivity index (χ4v) is 8.60. The van der Waals surface area contributed by atoms with Gasteiger partial charge in [0.15, 0.2) is 0 Å². The van der Waals surface area contributed by atoms with Crippen molar-refractivity contribution in [1.29, 1.82) is 0 Å². The number of benzene rings is 2. The molecule has 0 spiro atoms. The summed E-state index contributed by atoms with van der Waals surface area (Å²) in [6.07, 6.45) is 0. The Morgan fingerprint density at radius 3 is 1.31 bits per heavy atom. The van der Waals surface area contributed by atoms with Crippen molar-refractivity contribution in [2.75, 3.05) is 39.3 Å². The van der Waals surface area contributed by atoms with Crippen LogP contribution in [0.5, 0.6) is 0 Å². The summed E-state index contributed by atoms with van der Waals surface area (Å²) in [6, 6.07) is 22.1. The number of rotatable bonds is 16. The van der Waals surface area contributed by atoms with Gasteiger partial charge >= 0.3 is 0 Å². The van der Waals surface area contributed by atoms with Gasteiger partial charge in [-0.1, -0.05) is 130 Å². The third-order valence-corrected chi connectivity index (χ3v) is 11.6. The third-order valence-electron chi connectivity index (χ3n) is 6.32. The van der Waals surface area contributed by atoms with Crippen molar-refractivity contribution in [2.24, 2.45) is 0 Å². The van der Waals surface area contributed by atoms with E-state index in [9.17, 15) is 0 Å². The Bertz CT molecular complexity index is 780. The fourth-order valence-electron chi connectivity index (χ4n) is 4.45. The van der Waals surface area contributed by atoms with E-state index in [1.54, 1.807) is 0 Å². The molecule has 4 nitrogen and oxygen atoms in total. The summed E-state index contributed by atoms with van der Waals surface area (Å²) in [4.78, 5) is 14.3. The molecule has 194 valence electrons. The first-order chi connectivity index (χ1) is 16.3. The van der Waals surface area contributed by atoms with E-state index in [0.29, 0.717) is 6.71 Å². The third kappa shape index (κ3) is 13.2. The van der Waals surface area contributed by atoms with Crippen LogP contribution in [0.2, 0.25) is 58.3 Å². The minimum absolute atomic E-state index is 0.449. The summed E-state index contributed by atoms with van der Waals surface area (Å²) in [6.45, 7) is 26.3. The minimum atomic E-state index is -1.62. The van der Waals surface area contributed by atoms with E-state index in [0.717, 1.165) is 39.3 Å². The molecule has 0 aromatic heterocycles. The molecular formula is C27H51BN4Si3. The molecule has 0 aliphatic carbocycles. The molecule has 2 aromatic carbocycles. The molecule has 0 aliphatic heterocycles. The summed E-state index contributed by atoms with van der Waals surface area (Å²) in [5.74, 6) is 1.20. The lowest BCUT2D eigenvalue weighted by atomic mass is 9.42. The second-order valence-electron chi connectivity index (χ2n) is 12.6. The molecule has 3 N–H and O–H groups in total. The molecule has 8 heteroatoms. The summed E-state index contributed by atoms with van der Waals surface area (Å²) < 4.78 is 0. The van der Waals surface area contributed by atoms with Crippen LogP contribution in [0.4, 0.5) is 0 Å². The quantitative estimate of drug-likeness (QED) is 0.291. The Hall–Kier alpha value is -1.00. The topological polar surface area (TPSA) is 39.3 Å². The van der Waals surface area contributed by atoms with Crippen molar-refractivity contribution in [3.05, 3.63) is 60.7 Å². The largest absolute Gasteiger partial charge is 0.336 e. The molecule has 0 saturated carbocycles. The number of nitrogens with one attached hydrogen (secondary N) is 3. The highest BCUT2D eigenvalue weighted by Crippen LogP contribution is 2.10. The molecule has 0 fully saturated rings. The van der Waals surface area contributed by atoms with Crippen molar-refractivity contribution in [3.63, 3.8) is 0 Å². The van der Waals surface area contributed by atoms with Gasteiger partial charge < -0.3 is 14.9 Å². The van der Waals surface area contributed by atoms with Gasteiger partial charge in [-0.15, -0.1) is 0 Å². The van der Waals surface area contributed by atoms with Crippen LogP contribution in [0, 0.1) is 0 Å². The van der Waals surface area contributed by atoms with Crippen molar-refractivity contribution in [3.8, 4) is 0 Å². The molecule has 0 amide bonds. The molecular weight excluding hydrogens is 475 g/mol. The second-order valence-corrected chi connectivity index (χ2v) is 26.8. The molecule has 0 heterocycles. The van der Waals surface area contributed by atoms with Crippen molar-refractivity contribution < 1.29 is 0 Å². The Morgan fingerprint density at radius 1 is 0.571 bits per heavy atom. The Labute approximate surface area is 220 Å². The van der Waals surface area contributed by atoms with Crippen LogP contribution >= 0.6 is 0 Å². The smallest absolute Gasteiger partial charge is 0.207 e. The number of hydrogen-bond donors (Lipinski definition) is 3.